The van der Waals surface area contributed by atoms with Crippen LogP contribution >= 0.6 is 0 Å². The molecule has 0 fully saturated rings. The average molecular weight is 397 g/mol. The van der Waals surface area contributed by atoms with Crippen molar-refractivity contribution in [2.24, 2.45) is 10.8 Å². The zero-order valence-corrected chi connectivity index (χ0v) is 16.1. The molecular formula is C24H19N3O3. The Morgan fingerprint density at radius 1 is 0.900 bits per heavy atom. The first-order chi connectivity index (χ1) is 14.6. The van der Waals surface area contributed by atoms with Gasteiger partial charge in [-0.05, 0) is 23.8 Å². The number of ketones is 1. The van der Waals surface area contributed by atoms with Crippen LogP contribution in [0.15, 0.2) is 84.0 Å². The number of fused-ring (bicyclic) bond motifs is 3. The lowest BCUT2D eigenvalue weighted by molar-refractivity contribution is -0.00455. The van der Waals surface area contributed by atoms with Gasteiger partial charge in [-0.2, -0.15) is 5.10 Å². The number of hydrazone groups is 1. The molecular weight excluding hydrogens is 378 g/mol. The van der Waals surface area contributed by atoms with Crippen LogP contribution in [0.25, 0.3) is 0 Å². The number of hydrogen-bond acceptors (Lipinski definition) is 5. The predicted molar refractivity (Wildman–Crippen MR) is 112 cm³/mol. The Balaban J connectivity index is 1.53. The Hall–Kier alpha value is -3.93. The highest BCUT2D eigenvalue weighted by Crippen LogP contribution is 2.43. The molecule has 0 aliphatic carbocycles. The Bertz CT molecular complexity index is 1160. The highest BCUT2D eigenvalue weighted by Gasteiger charge is 2.43. The largest absolute Gasteiger partial charge is 0.461 e. The molecule has 2 N–H and O–H groups in total. The number of hydrogen-bond donors (Lipinski definition) is 1. The maximum Gasteiger partial charge on any atom is 0.251 e. The van der Waals surface area contributed by atoms with Gasteiger partial charge in [0.1, 0.15) is 5.75 Å². The van der Waals surface area contributed by atoms with E-state index < -0.39 is 12.1 Å². The molecule has 2 aliphatic rings. The standard InChI is InChI=1S/C24H19N3O3/c25-23(29)17-12-10-15(11-13-17)19-14-20-18-8-4-5-9-21(18)30-24(27(20)26-19)22(28)16-6-2-1-3-7-16/h1-13,20,24H,14H2,(H2,25,29). The van der Waals surface area contributed by atoms with Crippen LogP contribution in [0, 0.1) is 0 Å². The molecule has 0 spiro atoms. The molecule has 2 unspecified atom stereocenters. The van der Waals surface area contributed by atoms with Crippen LogP contribution in [-0.2, 0) is 0 Å². The topological polar surface area (TPSA) is 85.0 Å². The lowest BCUT2D eigenvalue weighted by Crippen LogP contribution is -2.45. The fraction of sp³-hybridized carbons (Fsp3) is 0.125. The van der Waals surface area contributed by atoms with Crippen molar-refractivity contribution in [3.8, 4) is 5.75 Å². The number of ether oxygens (including phenoxy) is 1. The van der Waals surface area contributed by atoms with Crippen molar-refractivity contribution in [1.82, 2.24) is 5.01 Å². The van der Waals surface area contributed by atoms with Crippen molar-refractivity contribution < 1.29 is 14.3 Å². The monoisotopic (exact) mass is 397 g/mol. The lowest BCUT2D eigenvalue weighted by Gasteiger charge is -2.37. The van der Waals surface area contributed by atoms with Crippen LogP contribution in [0.5, 0.6) is 5.75 Å². The van der Waals surface area contributed by atoms with Crippen LogP contribution in [0.1, 0.15) is 44.3 Å². The molecule has 0 aromatic heterocycles. The summed E-state index contributed by atoms with van der Waals surface area (Å²) in [5, 5.41) is 6.53. The van der Waals surface area contributed by atoms with Crippen LogP contribution in [0.3, 0.4) is 0 Å². The average Bonchev–Trinajstić information content (AvgIpc) is 3.24. The van der Waals surface area contributed by atoms with Crippen molar-refractivity contribution >= 4 is 17.4 Å². The molecule has 2 heterocycles. The Morgan fingerprint density at radius 2 is 1.60 bits per heavy atom. The predicted octanol–water partition coefficient (Wildman–Crippen LogP) is 3.54. The van der Waals surface area contributed by atoms with Crippen LogP contribution in [0.2, 0.25) is 0 Å². The van der Waals surface area contributed by atoms with Gasteiger partial charge in [-0.1, -0.05) is 60.7 Å². The summed E-state index contributed by atoms with van der Waals surface area (Å²) < 4.78 is 6.10. The van der Waals surface area contributed by atoms with E-state index in [4.69, 9.17) is 15.6 Å². The summed E-state index contributed by atoms with van der Waals surface area (Å²) in [5.74, 6) is 0.0981. The zero-order valence-electron chi connectivity index (χ0n) is 16.1. The van der Waals surface area contributed by atoms with E-state index in [-0.39, 0.29) is 11.8 Å². The van der Waals surface area contributed by atoms with Gasteiger partial charge >= 0.3 is 0 Å². The Labute approximate surface area is 173 Å². The third-order valence-corrected chi connectivity index (χ3v) is 5.48. The van der Waals surface area contributed by atoms with Crippen molar-refractivity contribution in [2.45, 2.75) is 18.7 Å². The van der Waals surface area contributed by atoms with Crippen molar-refractivity contribution in [3.05, 3.63) is 101 Å². The van der Waals surface area contributed by atoms with Gasteiger partial charge in [-0.3, -0.25) is 9.59 Å². The number of nitrogens with two attached hydrogens (primary N) is 1. The van der Waals surface area contributed by atoms with E-state index in [0.717, 1.165) is 16.8 Å². The number of carbonyl (C=O) groups excluding carboxylic acids is 2. The third-order valence-electron chi connectivity index (χ3n) is 5.48. The number of Topliss-reactive ketones (excluding diaryl/α,β-unsaturated/α-hetero) is 1. The zero-order chi connectivity index (χ0) is 20.7. The number of primary amides is 1. The Morgan fingerprint density at radius 3 is 2.33 bits per heavy atom. The molecule has 6 nitrogen and oxygen atoms in total. The molecule has 0 bridgehead atoms. The number of nitrogens with zero attached hydrogens (tertiary/aromatic N) is 2. The minimum Gasteiger partial charge on any atom is -0.461 e. The van der Waals surface area contributed by atoms with E-state index in [1.54, 1.807) is 29.3 Å². The van der Waals surface area contributed by atoms with Gasteiger partial charge in [-0.15, -0.1) is 0 Å². The number of rotatable bonds is 4. The van der Waals surface area contributed by atoms with Crippen molar-refractivity contribution in [1.29, 1.82) is 0 Å². The summed E-state index contributed by atoms with van der Waals surface area (Å²) >= 11 is 0. The first-order valence-corrected chi connectivity index (χ1v) is 9.73. The van der Waals surface area contributed by atoms with E-state index in [1.807, 2.05) is 54.6 Å². The maximum absolute atomic E-state index is 13.2. The summed E-state index contributed by atoms with van der Waals surface area (Å²) in [6, 6.07) is 23.8. The third kappa shape index (κ3) is 3.03. The normalized spacial score (nSPS) is 19.3. The second-order valence-corrected chi connectivity index (χ2v) is 7.33. The van der Waals surface area contributed by atoms with Gasteiger partial charge in [0.25, 0.3) is 6.23 Å². The quantitative estimate of drug-likeness (QED) is 0.683. The molecule has 0 radical (unpaired) electrons. The van der Waals surface area contributed by atoms with E-state index in [9.17, 15) is 9.59 Å². The molecule has 2 atom stereocenters. The van der Waals surface area contributed by atoms with E-state index in [2.05, 4.69) is 0 Å². The minimum absolute atomic E-state index is 0.0987. The Kier molecular flexibility index (Phi) is 4.32. The smallest absolute Gasteiger partial charge is 0.251 e. The van der Waals surface area contributed by atoms with Gasteiger partial charge in [0.2, 0.25) is 11.7 Å². The number of benzene rings is 3. The van der Waals surface area contributed by atoms with Crippen LogP contribution < -0.4 is 10.5 Å². The van der Waals surface area contributed by atoms with E-state index >= 15 is 0 Å². The summed E-state index contributed by atoms with van der Waals surface area (Å²) in [6.07, 6.45) is -0.204. The molecule has 3 aromatic carbocycles. The van der Waals surface area contributed by atoms with E-state index in [0.29, 0.717) is 23.3 Å². The highest BCUT2D eigenvalue weighted by molar-refractivity contribution is 6.04. The summed E-state index contributed by atoms with van der Waals surface area (Å²) in [6.45, 7) is 0. The fourth-order valence-corrected chi connectivity index (χ4v) is 3.95. The van der Waals surface area contributed by atoms with Gasteiger partial charge in [0.15, 0.2) is 0 Å². The molecule has 0 saturated heterocycles. The van der Waals surface area contributed by atoms with E-state index in [1.165, 1.54) is 0 Å². The molecule has 6 heteroatoms. The first kappa shape index (κ1) is 18.1. The number of para-hydroxylation sites is 1. The summed E-state index contributed by atoms with van der Waals surface area (Å²) in [4.78, 5) is 24.6. The molecule has 2 aliphatic heterocycles. The summed E-state index contributed by atoms with van der Waals surface area (Å²) in [5.41, 5.74) is 9.09. The van der Waals surface area contributed by atoms with Crippen molar-refractivity contribution in [2.75, 3.05) is 0 Å². The van der Waals surface area contributed by atoms with Gasteiger partial charge in [0, 0.05) is 23.1 Å². The molecule has 0 saturated carbocycles. The molecule has 30 heavy (non-hydrogen) atoms. The highest BCUT2D eigenvalue weighted by atomic mass is 16.5. The van der Waals surface area contributed by atoms with Crippen LogP contribution in [-0.4, -0.2) is 28.6 Å². The second kappa shape index (κ2) is 7.15. The fourth-order valence-electron chi connectivity index (χ4n) is 3.95. The lowest BCUT2D eigenvalue weighted by atomic mass is 9.95. The SMILES string of the molecule is NC(=O)c1ccc(C2=NN3C(C(=O)c4ccccc4)Oc4ccccc4C3C2)cc1. The van der Waals surface area contributed by atoms with Gasteiger partial charge < -0.3 is 10.5 Å². The summed E-state index contributed by atoms with van der Waals surface area (Å²) in [7, 11) is 0. The molecule has 5 rings (SSSR count). The molecule has 3 aromatic rings. The number of amides is 1. The van der Waals surface area contributed by atoms with Crippen LogP contribution in [0.4, 0.5) is 0 Å². The van der Waals surface area contributed by atoms with Gasteiger partial charge in [0.05, 0.1) is 11.8 Å². The second-order valence-electron chi connectivity index (χ2n) is 7.33. The first-order valence-electron chi connectivity index (χ1n) is 9.73. The minimum atomic E-state index is -0.838. The number of carbonyl (C=O) groups is 2. The molecule has 1 amide bonds. The molecule has 148 valence electrons. The maximum atomic E-state index is 13.2. The van der Waals surface area contributed by atoms with Gasteiger partial charge in [-0.25, -0.2) is 5.01 Å². The van der Waals surface area contributed by atoms with Crippen molar-refractivity contribution in [3.63, 3.8) is 0 Å².